The number of fused-ring (bicyclic) bond motifs is 1. The summed E-state index contributed by atoms with van der Waals surface area (Å²) in [5.74, 6) is -0.323. The predicted octanol–water partition coefficient (Wildman–Crippen LogP) is 2.75. The van der Waals surface area contributed by atoms with Crippen molar-refractivity contribution in [1.29, 1.82) is 5.26 Å². The lowest BCUT2D eigenvalue weighted by Gasteiger charge is -2.07. The van der Waals surface area contributed by atoms with E-state index >= 15 is 0 Å². The zero-order chi connectivity index (χ0) is 14.7. The smallest absolute Gasteiger partial charge is 0.274 e. The molecule has 100 valence electrons. The van der Waals surface area contributed by atoms with E-state index in [1.54, 1.807) is 18.5 Å². The molecule has 21 heavy (non-hydrogen) atoms. The summed E-state index contributed by atoms with van der Waals surface area (Å²) in [6.07, 6.45) is 4.78. The van der Waals surface area contributed by atoms with Crippen molar-refractivity contribution >= 4 is 22.4 Å². The first-order valence-corrected chi connectivity index (χ1v) is 6.28. The molecule has 0 radical (unpaired) electrons. The average molecular weight is 274 g/mol. The van der Waals surface area contributed by atoms with Crippen molar-refractivity contribution in [3.8, 4) is 6.07 Å². The van der Waals surface area contributed by atoms with Crippen LogP contribution in [0.15, 0.2) is 55.0 Å². The van der Waals surface area contributed by atoms with Gasteiger partial charge < -0.3 is 5.32 Å². The number of aromatic nitrogens is 2. The van der Waals surface area contributed by atoms with Gasteiger partial charge in [-0.15, -0.1) is 0 Å². The highest BCUT2D eigenvalue weighted by molar-refractivity contribution is 6.08. The molecule has 0 spiro atoms. The van der Waals surface area contributed by atoms with Gasteiger partial charge in [-0.1, -0.05) is 12.1 Å². The van der Waals surface area contributed by atoms with Gasteiger partial charge in [-0.05, 0) is 29.7 Å². The van der Waals surface area contributed by atoms with Crippen LogP contribution in [-0.2, 0) is 0 Å². The summed E-state index contributed by atoms with van der Waals surface area (Å²) in [6, 6.07) is 12.6. The number of hydrogen-bond donors (Lipinski definition) is 1. The van der Waals surface area contributed by atoms with E-state index < -0.39 is 0 Å². The molecule has 5 heteroatoms. The molecule has 3 rings (SSSR count). The predicted molar refractivity (Wildman–Crippen MR) is 78.6 cm³/mol. The first-order valence-electron chi connectivity index (χ1n) is 6.28. The monoisotopic (exact) mass is 274 g/mol. The summed E-state index contributed by atoms with van der Waals surface area (Å²) in [7, 11) is 0. The maximum absolute atomic E-state index is 12.2. The lowest BCUT2D eigenvalue weighted by atomic mass is 10.1. The minimum Gasteiger partial charge on any atom is -0.320 e. The molecule has 0 unspecified atom stereocenters. The number of carbonyl (C=O) groups excluding carboxylic acids is 1. The normalized spacial score (nSPS) is 10.0. The van der Waals surface area contributed by atoms with Crippen molar-refractivity contribution in [3.05, 3.63) is 66.2 Å². The quantitative estimate of drug-likeness (QED) is 0.779. The van der Waals surface area contributed by atoms with E-state index in [0.29, 0.717) is 11.3 Å². The number of pyridine rings is 2. The van der Waals surface area contributed by atoms with Gasteiger partial charge in [0.15, 0.2) is 0 Å². The summed E-state index contributed by atoms with van der Waals surface area (Å²) in [5, 5.41) is 13.4. The van der Waals surface area contributed by atoms with E-state index in [-0.39, 0.29) is 11.6 Å². The van der Waals surface area contributed by atoms with Gasteiger partial charge in [0.25, 0.3) is 5.91 Å². The third kappa shape index (κ3) is 2.55. The maximum atomic E-state index is 12.2. The fourth-order valence-electron chi connectivity index (χ4n) is 2.00. The maximum Gasteiger partial charge on any atom is 0.274 e. The fourth-order valence-corrected chi connectivity index (χ4v) is 2.00. The largest absolute Gasteiger partial charge is 0.320 e. The SMILES string of the molecule is N#Cc1ccc(C(=O)Nc2cccc3ccncc23)nc1. The molecule has 0 aliphatic carbocycles. The lowest BCUT2D eigenvalue weighted by Crippen LogP contribution is -2.13. The Balaban J connectivity index is 1.91. The van der Waals surface area contributed by atoms with Crippen LogP contribution in [0.3, 0.4) is 0 Å². The van der Waals surface area contributed by atoms with Crippen molar-refractivity contribution < 1.29 is 4.79 Å². The Morgan fingerprint density at radius 3 is 2.81 bits per heavy atom. The molecule has 0 bridgehead atoms. The van der Waals surface area contributed by atoms with Gasteiger partial charge in [0.05, 0.1) is 11.3 Å². The third-order valence-electron chi connectivity index (χ3n) is 3.06. The molecule has 0 atom stereocenters. The number of nitrogens with zero attached hydrogens (tertiary/aromatic N) is 3. The number of carbonyl (C=O) groups is 1. The first kappa shape index (κ1) is 12.8. The molecule has 0 aliphatic heterocycles. The minimum atomic E-state index is -0.323. The molecule has 2 heterocycles. The van der Waals surface area contributed by atoms with Gasteiger partial charge in [-0.2, -0.15) is 5.26 Å². The van der Waals surface area contributed by atoms with Crippen LogP contribution in [0.25, 0.3) is 10.8 Å². The van der Waals surface area contributed by atoms with Gasteiger partial charge in [0.2, 0.25) is 0 Å². The molecule has 0 fully saturated rings. The summed E-state index contributed by atoms with van der Waals surface area (Å²) >= 11 is 0. The van der Waals surface area contributed by atoms with Crippen LogP contribution >= 0.6 is 0 Å². The van der Waals surface area contributed by atoms with Crippen LogP contribution in [0.1, 0.15) is 16.1 Å². The number of nitrogens with one attached hydrogen (secondary N) is 1. The Morgan fingerprint density at radius 2 is 2.05 bits per heavy atom. The number of benzene rings is 1. The van der Waals surface area contributed by atoms with Gasteiger partial charge in [0.1, 0.15) is 11.8 Å². The zero-order valence-corrected chi connectivity index (χ0v) is 10.9. The summed E-state index contributed by atoms with van der Waals surface area (Å²) in [5.41, 5.74) is 1.35. The lowest BCUT2D eigenvalue weighted by molar-refractivity contribution is 0.102. The van der Waals surface area contributed by atoms with Gasteiger partial charge in [0, 0.05) is 24.0 Å². The molecule has 0 saturated heterocycles. The fraction of sp³-hybridized carbons (Fsp3) is 0. The molecular weight excluding hydrogens is 264 g/mol. The number of hydrogen-bond acceptors (Lipinski definition) is 4. The van der Waals surface area contributed by atoms with E-state index in [9.17, 15) is 4.79 Å². The zero-order valence-electron chi connectivity index (χ0n) is 10.9. The van der Waals surface area contributed by atoms with Crippen molar-refractivity contribution in [2.75, 3.05) is 5.32 Å². The number of amides is 1. The van der Waals surface area contributed by atoms with Crippen molar-refractivity contribution in [2.24, 2.45) is 0 Å². The minimum absolute atomic E-state index is 0.259. The van der Waals surface area contributed by atoms with Crippen molar-refractivity contribution in [3.63, 3.8) is 0 Å². The second-order valence-corrected chi connectivity index (χ2v) is 4.40. The second kappa shape index (κ2) is 5.39. The molecule has 1 N–H and O–H groups in total. The number of nitriles is 1. The van der Waals surface area contributed by atoms with Gasteiger partial charge in [-0.3, -0.25) is 9.78 Å². The number of anilines is 1. The average Bonchev–Trinajstić information content (AvgIpc) is 2.55. The van der Waals surface area contributed by atoms with E-state index in [1.807, 2.05) is 30.3 Å². The first-order chi connectivity index (χ1) is 10.3. The Kier molecular flexibility index (Phi) is 3.27. The molecule has 0 saturated carbocycles. The number of rotatable bonds is 2. The highest BCUT2D eigenvalue weighted by atomic mass is 16.1. The van der Waals surface area contributed by atoms with Crippen molar-refractivity contribution in [1.82, 2.24) is 9.97 Å². The summed E-state index contributed by atoms with van der Waals surface area (Å²) < 4.78 is 0. The molecule has 1 amide bonds. The molecule has 0 aliphatic rings. The molecule has 1 aromatic carbocycles. The van der Waals surface area contributed by atoms with E-state index in [4.69, 9.17) is 5.26 Å². The Morgan fingerprint density at radius 1 is 1.14 bits per heavy atom. The Bertz CT molecular complexity index is 845. The van der Waals surface area contributed by atoms with Crippen LogP contribution in [0.4, 0.5) is 5.69 Å². The highest BCUT2D eigenvalue weighted by Gasteiger charge is 2.09. The highest BCUT2D eigenvalue weighted by Crippen LogP contribution is 2.22. The van der Waals surface area contributed by atoms with Crippen molar-refractivity contribution in [2.45, 2.75) is 0 Å². The molecule has 3 aromatic rings. The van der Waals surface area contributed by atoms with Gasteiger partial charge in [-0.25, -0.2) is 4.98 Å². The topological polar surface area (TPSA) is 78.7 Å². The van der Waals surface area contributed by atoms with Crippen LogP contribution in [0.5, 0.6) is 0 Å². The van der Waals surface area contributed by atoms with Crippen LogP contribution in [-0.4, -0.2) is 15.9 Å². The van der Waals surface area contributed by atoms with Crippen LogP contribution < -0.4 is 5.32 Å². The summed E-state index contributed by atoms with van der Waals surface area (Å²) in [6.45, 7) is 0. The standard InChI is InChI=1S/C16H10N4O/c17-8-11-4-5-15(19-9-11)16(21)20-14-3-1-2-12-6-7-18-10-13(12)14/h1-7,9-10H,(H,20,21). The second-order valence-electron chi connectivity index (χ2n) is 4.40. The van der Waals surface area contributed by atoms with Crippen LogP contribution in [0, 0.1) is 11.3 Å². The Hall–Kier alpha value is -3.26. The molecular formula is C16H10N4O. The Labute approximate surface area is 120 Å². The van der Waals surface area contributed by atoms with E-state index in [1.165, 1.54) is 12.3 Å². The van der Waals surface area contributed by atoms with Gasteiger partial charge >= 0.3 is 0 Å². The third-order valence-corrected chi connectivity index (χ3v) is 3.06. The molecule has 2 aromatic heterocycles. The van der Waals surface area contributed by atoms with E-state index in [0.717, 1.165) is 10.8 Å². The van der Waals surface area contributed by atoms with Crippen LogP contribution in [0.2, 0.25) is 0 Å². The van der Waals surface area contributed by atoms with E-state index in [2.05, 4.69) is 15.3 Å². The summed E-state index contributed by atoms with van der Waals surface area (Å²) in [4.78, 5) is 20.2. The molecule has 5 nitrogen and oxygen atoms in total.